The van der Waals surface area contributed by atoms with Gasteiger partial charge in [0.15, 0.2) is 5.82 Å². The molecule has 28 heavy (non-hydrogen) atoms. The quantitative estimate of drug-likeness (QED) is 0.715. The Balaban J connectivity index is 1.74. The lowest BCUT2D eigenvalue weighted by molar-refractivity contribution is 0.0819. The molecule has 0 aliphatic heterocycles. The molecular weight excluding hydrogens is 354 g/mol. The number of carbonyl (C=O) groups is 1. The van der Waals surface area contributed by atoms with Gasteiger partial charge in [-0.05, 0) is 43.7 Å². The third-order valence-electron chi connectivity index (χ3n) is 4.13. The van der Waals surface area contributed by atoms with Gasteiger partial charge in [-0.15, -0.1) is 0 Å². The molecule has 0 fully saturated rings. The van der Waals surface area contributed by atoms with E-state index >= 15 is 0 Å². The maximum Gasteiger partial charge on any atom is 0.253 e. The lowest BCUT2D eigenvalue weighted by Crippen LogP contribution is -2.46. The second-order valence-corrected chi connectivity index (χ2v) is 7.04. The van der Waals surface area contributed by atoms with Crippen molar-refractivity contribution in [2.75, 3.05) is 13.7 Å². The van der Waals surface area contributed by atoms with Gasteiger partial charge in [-0.25, -0.2) is 9.67 Å². The molecular formula is C21H21N5O2. The Kier molecular flexibility index (Phi) is 5.52. The van der Waals surface area contributed by atoms with E-state index in [9.17, 15) is 4.79 Å². The van der Waals surface area contributed by atoms with Crippen LogP contribution in [0, 0.1) is 11.3 Å². The van der Waals surface area contributed by atoms with Crippen LogP contribution in [0.4, 0.5) is 0 Å². The number of carbonyl (C=O) groups excluding carboxylic acids is 1. The molecule has 0 aliphatic rings. The summed E-state index contributed by atoms with van der Waals surface area (Å²) < 4.78 is 6.76. The first kappa shape index (κ1) is 19.3. The van der Waals surface area contributed by atoms with Crippen molar-refractivity contribution in [3.8, 4) is 23.0 Å². The van der Waals surface area contributed by atoms with Crippen molar-refractivity contribution >= 4 is 5.91 Å². The summed E-state index contributed by atoms with van der Waals surface area (Å²) in [5, 5.41) is 16.1. The summed E-state index contributed by atoms with van der Waals surface area (Å²) >= 11 is 0. The number of ether oxygens (including phenoxy) is 1. The standard InChI is InChI=1S/C21H21N5O2/c1-21(2,14-28-3)25-20(27)17-8-9-19(23-11-17)26-13-18(12-24-26)16-6-4-15(10-22)5-7-16/h4-9,11-13H,14H2,1-3H3,(H,25,27). The second-order valence-electron chi connectivity index (χ2n) is 7.04. The zero-order chi connectivity index (χ0) is 20.1. The first-order valence-electron chi connectivity index (χ1n) is 8.75. The number of rotatable bonds is 6. The van der Waals surface area contributed by atoms with Crippen molar-refractivity contribution in [1.29, 1.82) is 5.26 Å². The summed E-state index contributed by atoms with van der Waals surface area (Å²) in [4.78, 5) is 16.7. The number of aromatic nitrogens is 3. The Labute approximate surface area is 163 Å². The smallest absolute Gasteiger partial charge is 0.253 e. The average Bonchev–Trinajstić information content (AvgIpc) is 3.18. The average molecular weight is 375 g/mol. The summed E-state index contributed by atoms with van der Waals surface area (Å²) in [5.41, 5.74) is 2.48. The molecule has 1 N–H and O–H groups in total. The van der Waals surface area contributed by atoms with Gasteiger partial charge in [-0.3, -0.25) is 4.79 Å². The highest BCUT2D eigenvalue weighted by Crippen LogP contribution is 2.20. The number of nitrogens with zero attached hydrogens (tertiary/aromatic N) is 4. The second kappa shape index (κ2) is 8.03. The van der Waals surface area contributed by atoms with Gasteiger partial charge >= 0.3 is 0 Å². The number of nitrogens with one attached hydrogen (secondary N) is 1. The van der Waals surface area contributed by atoms with Crippen LogP contribution in [-0.4, -0.2) is 39.9 Å². The van der Waals surface area contributed by atoms with E-state index in [1.54, 1.807) is 42.3 Å². The number of hydrogen-bond acceptors (Lipinski definition) is 5. The molecule has 1 amide bonds. The van der Waals surface area contributed by atoms with Gasteiger partial charge in [0.05, 0.1) is 35.5 Å². The summed E-state index contributed by atoms with van der Waals surface area (Å²) in [6.45, 7) is 4.20. The highest BCUT2D eigenvalue weighted by atomic mass is 16.5. The number of pyridine rings is 1. The minimum absolute atomic E-state index is 0.208. The Morgan fingerprint density at radius 1 is 1.18 bits per heavy atom. The van der Waals surface area contributed by atoms with Crippen LogP contribution in [0.2, 0.25) is 0 Å². The summed E-state index contributed by atoms with van der Waals surface area (Å²) in [6, 6.07) is 12.8. The van der Waals surface area contributed by atoms with Gasteiger partial charge < -0.3 is 10.1 Å². The van der Waals surface area contributed by atoms with Crippen LogP contribution < -0.4 is 5.32 Å². The molecule has 2 aromatic heterocycles. The maximum absolute atomic E-state index is 12.4. The molecule has 3 rings (SSSR count). The van der Waals surface area contributed by atoms with Gasteiger partial charge in [0.1, 0.15) is 0 Å². The summed E-state index contributed by atoms with van der Waals surface area (Å²) in [5.74, 6) is 0.396. The molecule has 0 aliphatic carbocycles. The van der Waals surface area contributed by atoms with E-state index in [2.05, 4.69) is 21.5 Å². The predicted octanol–water partition coefficient (Wildman–Crippen LogP) is 2.96. The fourth-order valence-corrected chi connectivity index (χ4v) is 2.77. The van der Waals surface area contributed by atoms with Crippen molar-refractivity contribution in [2.24, 2.45) is 0 Å². The Bertz CT molecular complexity index is 999. The molecule has 142 valence electrons. The van der Waals surface area contributed by atoms with Crippen LogP contribution in [0.25, 0.3) is 16.9 Å². The largest absolute Gasteiger partial charge is 0.382 e. The number of amides is 1. The van der Waals surface area contributed by atoms with Crippen molar-refractivity contribution in [2.45, 2.75) is 19.4 Å². The summed E-state index contributed by atoms with van der Waals surface area (Å²) in [7, 11) is 1.60. The van der Waals surface area contributed by atoms with Gasteiger partial charge in [0, 0.05) is 25.1 Å². The summed E-state index contributed by atoms with van der Waals surface area (Å²) in [6.07, 6.45) is 5.11. The fourth-order valence-electron chi connectivity index (χ4n) is 2.77. The molecule has 1 aromatic carbocycles. The Morgan fingerprint density at radius 2 is 1.93 bits per heavy atom. The van der Waals surface area contributed by atoms with Gasteiger partial charge in [-0.1, -0.05) is 12.1 Å². The highest BCUT2D eigenvalue weighted by Gasteiger charge is 2.21. The number of methoxy groups -OCH3 is 1. The zero-order valence-electron chi connectivity index (χ0n) is 16.0. The Morgan fingerprint density at radius 3 is 2.54 bits per heavy atom. The van der Waals surface area contributed by atoms with E-state index in [1.165, 1.54) is 6.20 Å². The van der Waals surface area contributed by atoms with Crippen molar-refractivity contribution in [3.63, 3.8) is 0 Å². The van der Waals surface area contributed by atoms with E-state index in [0.717, 1.165) is 11.1 Å². The molecule has 7 nitrogen and oxygen atoms in total. The fraction of sp³-hybridized carbons (Fsp3) is 0.238. The lowest BCUT2D eigenvalue weighted by atomic mass is 10.1. The molecule has 0 spiro atoms. The van der Waals surface area contributed by atoms with E-state index in [0.29, 0.717) is 23.6 Å². The molecule has 2 heterocycles. The third-order valence-corrected chi connectivity index (χ3v) is 4.13. The van der Waals surface area contributed by atoms with Crippen molar-refractivity contribution in [1.82, 2.24) is 20.1 Å². The molecule has 0 unspecified atom stereocenters. The van der Waals surface area contributed by atoms with E-state index in [4.69, 9.17) is 10.00 Å². The number of benzene rings is 1. The minimum Gasteiger partial charge on any atom is -0.382 e. The zero-order valence-corrected chi connectivity index (χ0v) is 16.0. The normalized spacial score (nSPS) is 11.1. The molecule has 0 atom stereocenters. The Hall–Kier alpha value is -3.50. The highest BCUT2D eigenvalue weighted by molar-refractivity contribution is 5.94. The van der Waals surface area contributed by atoms with E-state index in [-0.39, 0.29) is 5.91 Å². The van der Waals surface area contributed by atoms with Gasteiger partial charge in [0.2, 0.25) is 0 Å². The number of nitriles is 1. The first-order chi connectivity index (χ1) is 13.4. The maximum atomic E-state index is 12.4. The number of hydrogen-bond donors (Lipinski definition) is 1. The molecule has 3 aromatic rings. The van der Waals surface area contributed by atoms with Crippen LogP contribution in [-0.2, 0) is 4.74 Å². The molecule has 7 heteroatoms. The van der Waals surface area contributed by atoms with Crippen molar-refractivity contribution < 1.29 is 9.53 Å². The van der Waals surface area contributed by atoms with Crippen LogP contribution in [0.3, 0.4) is 0 Å². The van der Waals surface area contributed by atoms with Crippen LogP contribution >= 0.6 is 0 Å². The van der Waals surface area contributed by atoms with Gasteiger partial charge in [0.25, 0.3) is 5.91 Å². The van der Waals surface area contributed by atoms with E-state index in [1.807, 2.05) is 32.2 Å². The minimum atomic E-state index is -0.470. The topological polar surface area (TPSA) is 92.8 Å². The molecule has 0 radical (unpaired) electrons. The first-order valence-corrected chi connectivity index (χ1v) is 8.75. The monoisotopic (exact) mass is 375 g/mol. The van der Waals surface area contributed by atoms with Crippen molar-refractivity contribution in [3.05, 3.63) is 66.1 Å². The van der Waals surface area contributed by atoms with Crippen LogP contribution in [0.5, 0.6) is 0 Å². The van der Waals surface area contributed by atoms with Crippen LogP contribution in [0.1, 0.15) is 29.8 Å². The third kappa shape index (κ3) is 4.42. The molecule has 0 bridgehead atoms. The SMILES string of the molecule is COCC(C)(C)NC(=O)c1ccc(-n2cc(-c3ccc(C#N)cc3)cn2)nc1. The predicted molar refractivity (Wildman–Crippen MR) is 105 cm³/mol. The lowest BCUT2D eigenvalue weighted by Gasteiger charge is -2.25. The molecule has 0 saturated heterocycles. The van der Waals surface area contributed by atoms with Crippen LogP contribution in [0.15, 0.2) is 55.0 Å². The van der Waals surface area contributed by atoms with Gasteiger partial charge in [-0.2, -0.15) is 10.4 Å². The van der Waals surface area contributed by atoms with E-state index < -0.39 is 5.54 Å². The molecule has 0 saturated carbocycles.